The summed E-state index contributed by atoms with van der Waals surface area (Å²) in [6, 6.07) is 18.1. The van der Waals surface area contributed by atoms with E-state index in [1.165, 1.54) is 11.8 Å². The number of aromatic nitrogens is 2. The fraction of sp³-hybridized carbons (Fsp3) is 0.273. The number of hydrogen-bond acceptors (Lipinski definition) is 4. The first kappa shape index (κ1) is 20.2. The largest absolute Gasteiger partial charge is 0.376 e. The number of carbonyl (C=O) groups is 1. The molecule has 2 heterocycles. The Morgan fingerprint density at radius 2 is 1.97 bits per heavy atom. The Labute approximate surface area is 182 Å². The van der Waals surface area contributed by atoms with Crippen molar-refractivity contribution in [1.82, 2.24) is 15.3 Å². The Kier molecular flexibility index (Phi) is 6.69. The van der Waals surface area contributed by atoms with E-state index in [0.29, 0.717) is 12.3 Å². The normalized spacial score (nSPS) is 16.1. The van der Waals surface area contributed by atoms with Crippen molar-refractivity contribution < 1.29 is 9.53 Å². The molecule has 1 aliphatic heterocycles. The van der Waals surface area contributed by atoms with Crippen LogP contribution in [0.15, 0.2) is 64.1 Å². The van der Waals surface area contributed by atoms with E-state index in [4.69, 9.17) is 9.72 Å². The van der Waals surface area contributed by atoms with Gasteiger partial charge in [-0.05, 0) is 25.0 Å². The highest BCUT2D eigenvalue weighted by molar-refractivity contribution is 9.10. The van der Waals surface area contributed by atoms with Gasteiger partial charge in [-0.15, -0.1) is 0 Å². The fourth-order valence-electron chi connectivity index (χ4n) is 3.22. The molecular weight excluding hydrogens is 450 g/mol. The number of H-pyrrole nitrogens is 1. The van der Waals surface area contributed by atoms with Crippen LogP contribution in [-0.2, 0) is 9.53 Å². The summed E-state index contributed by atoms with van der Waals surface area (Å²) in [4.78, 5) is 20.5. The Morgan fingerprint density at radius 3 is 2.69 bits per heavy atom. The lowest BCUT2D eigenvalue weighted by atomic mass is 10.2. The zero-order valence-corrected chi connectivity index (χ0v) is 18.3. The molecule has 3 aromatic rings. The van der Waals surface area contributed by atoms with Crippen LogP contribution in [0.5, 0.6) is 0 Å². The number of imidazole rings is 1. The minimum absolute atomic E-state index is 0.00213. The van der Waals surface area contributed by atoms with E-state index >= 15 is 0 Å². The van der Waals surface area contributed by atoms with E-state index in [2.05, 4.69) is 26.2 Å². The summed E-state index contributed by atoms with van der Waals surface area (Å²) in [6.45, 7) is 1.37. The van der Waals surface area contributed by atoms with Crippen molar-refractivity contribution in [3.63, 3.8) is 0 Å². The monoisotopic (exact) mass is 471 g/mol. The van der Waals surface area contributed by atoms with Gasteiger partial charge in [0.2, 0.25) is 5.91 Å². The van der Waals surface area contributed by atoms with Crippen molar-refractivity contribution in [3.05, 3.63) is 59.1 Å². The van der Waals surface area contributed by atoms with Crippen LogP contribution >= 0.6 is 27.7 Å². The first-order valence-corrected chi connectivity index (χ1v) is 11.4. The van der Waals surface area contributed by atoms with Crippen LogP contribution in [0.4, 0.5) is 0 Å². The minimum atomic E-state index is -0.00213. The third-order valence-electron chi connectivity index (χ3n) is 4.74. The number of aromatic amines is 1. The van der Waals surface area contributed by atoms with Crippen molar-refractivity contribution in [1.29, 1.82) is 0 Å². The van der Waals surface area contributed by atoms with Gasteiger partial charge >= 0.3 is 0 Å². The molecular formula is C22H22BrN3O2S. The molecule has 29 heavy (non-hydrogen) atoms. The standard InChI is InChI=1S/C22H22BrN3O2S/c23-17-10-8-16(9-11-17)21-25-20(15-5-2-1-3-6-15)22(26-21)29-14-19(27)24-13-18-7-4-12-28-18/h1-3,5-6,8-11,18H,4,7,12-14H2,(H,24,27)(H,25,26)/t18-/m1/s1. The van der Waals surface area contributed by atoms with Crippen LogP contribution in [-0.4, -0.2) is 40.9 Å². The Hall–Kier alpha value is -2.09. The second-order valence-corrected chi connectivity index (χ2v) is 8.75. The average molecular weight is 472 g/mol. The molecule has 0 spiro atoms. The van der Waals surface area contributed by atoms with Gasteiger partial charge in [0, 0.05) is 28.8 Å². The summed E-state index contributed by atoms with van der Waals surface area (Å²) in [5.41, 5.74) is 2.98. The first-order chi connectivity index (χ1) is 14.2. The third kappa shape index (κ3) is 5.29. The van der Waals surface area contributed by atoms with Gasteiger partial charge in [0.15, 0.2) is 0 Å². The maximum Gasteiger partial charge on any atom is 0.230 e. The summed E-state index contributed by atoms with van der Waals surface area (Å²) in [6.07, 6.45) is 2.24. The minimum Gasteiger partial charge on any atom is -0.376 e. The van der Waals surface area contributed by atoms with Crippen LogP contribution in [0.3, 0.4) is 0 Å². The van der Waals surface area contributed by atoms with Crippen molar-refractivity contribution in [2.45, 2.75) is 24.0 Å². The lowest BCUT2D eigenvalue weighted by Gasteiger charge is -2.10. The van der Waals surface area contributed by atoms with E-state index in [1.807, 2.05) is 54.6 Å². The third-order valence-corrected chi connectivity index (χ3v) is 6.25. The maximum atomic E-state index is 12.3. The lowest BCUT2D eigenvalue weighted by Crippen LogP contribution is -2.32. The molecule has 0 aliphatic carbocycles. The van der Waals surface area contributed by atoms with Gasteiger partial charge in [-0.1, -0.05) is 70.2 Å². The predicted molar refractivity (Wildman–Crippen MR) is 120 cm³/mol. The Balaban J connectivity index is 1.49. The highest BCUT2D eigenvalue weighted by Gasteiger charge is 2.18. The molecule has 0 saturated carbocycles. The summed E-state index contributed by atoms with van der Waals surface area (Å²) < 4.78 is 6.58. The van der Waals surface area contributed by atoms with Crippen LogP contribution in [0.2, 0.25) is 0 Å². The van der Waals surface area contributed by atoms with Crippen LogP contribution in [0, 0.1) is 0 Å². The van der Waals surface area contributed by atoms with Gasteiger partial charge < -0.3 is 15.0 Å². The summed E-state index contributed by atoms with van der Waals surface area (Å²) in [5.74, 6) is 1.10. The highest BCUT2D eigenvalue weighted by atomic mass is 79.9. The molecule has 1 fully saturated rings. The summed E-state index contributed by atoms with van der Waals surface area (Å²) in [7, 11) is 0. The predicted octanol–water partition coefficient (Wildman–Crippen LogP) is 4.89. The van der Waals surface area contributed by atoms with Gasteiger partial charge in [-0.3, -0.25) is 4.79 Å². The van der Waals surface area contributed by atoms with Gasteiger partial charge in [-0.2, -0.15) is 0 Å². The van der Waals surface area contributed by atoms with E-state index in [9.17, 15) is 4.79 Å². The number of benzene rings is 2. The van der Waals surface area contributed by atoms with E-state index < -0.39 is 0 Å². The molecule has 0 radical (unpaired) electrons. The number of nitrogens with zero attached hydrogens (tertiary/aromatic N) is 1. The number of nitrogens with one attached hydrogen (secondary N) is 2. The number of halogens is 1. The molecule has 2 N–H and O–H groups in total. The molecule has 150 valence electrons. The van der Waals surface area contributed by atoms with Crippen molar-refractivity contribution in [2.24, 2.45) is 0 Å². The molecule has 4 rings (SSSR count). The lowest BCUT2D eigenvalue weighted by molar-refractivity contribution is -0.119. The van der Waals surface area contributed by atoms with Crippen molar-refractivity contribution in [2.75, 3.05) is 18.9 Å². The van der Waals surface area contributed by atoms with Crippen molar-refractivity contribution >= 4 is 33.6 Å². The van der Waals surface area contributed by atoms with E-state index in [-0.39, 0.29) is 12.0 Å². The second-order valence-electron chi connectivity index (χ2n) is 6.87. The molecule has 1 aromatic heterocycles. The SMILES string of the molecule is O=C(CSc1nc(-c2ccc(Br)cc2)[nH]c1-c1ccccc1)NC[C@H]1CCCO1. The number of ether oxygens (including phenoxy) is 1. The number of thioether (sulfide) groups is 1. The van der Waals surface area contributed by atoms with Crippen molar-refractivity contribution in [3.8, 4) is 22.6 Å². The molecule has 0 bridgehead atoms. The second kappa shape index (κ2) is 9.61. The smallest absolute Gasteiger partial charge is 0.230 e. The first-order valence-electron chi connectivity index (χ1n) is 9.61. The molecule has 1 aliphatic rings. The Morgan fingerprint density at radius 1 is 1.17 bits per heavy atom. The molecule has 0 unspecified atom stereocenters. The maximum absolute atomic E-state index is 12.3. The molecule has 5 nitrogen and oxygen atoms in total. The van der Waals surface area contributed by atoms with Crippen LogP contribution in [0.25, 0.3) is 22.6 Å². The summed E-state index contributed by atoms with van der Waals surface area (Å²) >= 11 is 4.91. The molecule has 2 aromatic carbocycles. The zero-order valence-electron chi connectivity index (χ0n) is 15.9. The van der Waals surface area contributed by atoms with Gasteiger partial charge in [0.1, 0.15) is 10.9 Å². The van der Waals surface area contributed by atoms with Gasteiger partial charge in [-0.25, -0.2) is 4.98 Å². The number of hydrogen-bond donors (Lipinski definition) is 2. The van der Waals surface area contributed by atoms with E-state index in [0.717, 1.165) is 51.6 Å². The quantitative estimate of drug-likeness (QED) is 0.481. The van der Waals surface area contributed by atoms with Crippen LogP contribution < -0.4 is 5.32 Å². The topological polar surface area (TPSA) is 67.0 Å². The molecule has 1 atom stereocenters. The van der Waals surface area contributed by atoms with Gasteiger partial charge in [0.05, 0.1) is 17.6 Å². The molecule has 1 amide bonds. The highest BCUT2D eigenvalue weighted by Crippen LogP contribution is 2.32. The Bertz CT molecular complexity index is 954. The number of amides is 1. The summed E-state index contributed by atoms with van der Waals surface area (Å²) in [5, 5.41) is 3.79. The van der Waals surface area contributed by atoms with E-state index in [1.54, 1.807) is 0 Å². The van der Waals surface area contributed by atoms with Crippen LogP contribution in [0.1, 0.15) is 12.8 Å². The fourth-order valence-corrected chi connectivity index (χ4v) is 4.33. The number of rotatable bonds is 7. The average Bonchev–Trinajstić information content (AvgIpc) is 3.42. The van der Waals surface area contributed by atoms with Gasteiger partial charge in [0.25, 0.3) is 0 Å². The zero-order chi connectivity index (χ0) is 20.1. The molecule has 7 heteroatoms. The molecule has 1 saturated heterocycles. The number of carbonyl (C=O) groups excluding carboxylic acids is 1.